The van der Waals surface area contributed by atoms with E-state index < -0.39 is 0 Å². The average molecular weight is 329 g/mol. The van der Waals surface area contributed by atoms with Crippen molar-refractivity contribution in [3.05, 3.63) is 48.2 Å². The summed E-state index contributed by atoms with van der Waals surface area (Å²) in [6, 6.07) is 11.2. The molecule has 1 aliphatic carbocycles. The van der Waals surface area contributed by atoms with Crippen LogP contribution >= 0.6 is 0 Å². The molecule has 1 aromatic rings. The summed E-state index contributed by atoms with van der Waals surface area (Å²) in [7, 11) is 1.72. The largest absolute Gasteiger partial charge is 0.505 e. The number of nitrogens with zero attached hydrogens (tertiary/aromatic N) is 1. The molecular formula is C21H31NO2. The van der Waals surface area contributed by atoms with E-state index in [1.807, 2.05) is 6.26 Å². The summed E-state index contributed by atoms with van der Waals surface area (Å²) in [5.41, 5.74) is 1.27. The highest BCUT2D eigenvalue weighted by Crippen LogP contribution is 2.36. The van der Waals surface area contributed by atoms with E-state index in [9.17, 15) is 0 Å². The lowest BCUT2D eigenvalue weighted by atomic mass is 9.94. The number of hydrogen-bond acceptors (Lipinski definition) is 3. The number of allylic oxidation sites excluding steroid dienone is 1. The van der Waals surface area contributed by atoms with Crippen molar-refractivity contribution in [1.29, 1.82) is 0 Å². The predicted octanol–water partition coefficient (Wildman–Crippen LogP) is 4.39. The Kier molecular flexibility index (Phi) is 6.74. The first kappa shape index (κ1) is 17.5. The minimum absolute atomic E-state index is 0.360. The number of likely N-dealkylation sites (tertiary alicyclic amines) is 1. The molecule has 0 amide bonds. The molecule has 1 aromatic carbocycles. The minimum Gasteiger partial charge on any atom is -0.505 e. The smallest absolute Gasteiger partial charge is 0.0784 e. The molecule has 0 bridgehead atoms. The third-order valence-corrected chi connectivity index (χ3v) is 5.53. The molecule has 2 aliphatic rings. The first-order valence-corrected chi connectivity index (χ1v) is 9.46. The normalized spacial score (nSPS) is 28.5. The van der Waals surface area contributed by atoms with Crippen LogP contribution in [0.1, 0.15) is 44.1 Å². The molecule has 24 heavy (non-hydrogen) atoms. The SMILES string of the molecule is COC=CCC1C(OCc2ccccc2)CCC1N1CCCCC1. The topological polar surface area (TPSA) is 21.7 Å². The van der Waals surface area contributed by atoms with Crippen LogP contribution in [-0.4, -0.2) is 37.2 Å². The van der Waals surface area contributed by atoms with Crippen LogP contribution in [0.5, 0.6) is 0 Å². The van der Waals surface area contributed by atoms with Crippen molar-refractivity contribution in [2.75, 3.05) is 20.2 Å². The summed E-state index contributed by atoms with van der Waals surface area (Å²) in [5.74, 6) is 0.582. The lowest BCUT2D eigenvalue weighted by molar-refractivity contribution is -0.000262. The molecular weight excluding hydrogens is 298 g/mol. The molecule has 3 rings (SSSR count). The van der Waals surface area contributed by atoms with Crippen molar-refractivity contribution >= 4 is 0 Å². The first-order valence-electron chi connectivity index (χ1n) is 9.46. The molecule has 2 fully saturated rings. The summed E-state index contributed by atoms with van der Waals surface area (Å²) in [5, 5.41) is 0. The van der Waals surface area contributed by atoms with Gasteiger partial charge in [-0.15, -0.1) is 0 Å². The second-order valence-corrected chi connectivity index (χ2v) is 7.08. The van der Waals surface area contributed by atoms with Crippen molar-refractivity contribution < 1.29 is 9.47 Å². The monoisotopic (exact) mass is 329 g/mol. The molecule has 1 aliphatic heterocycles. The number of ether oxygens (including phenoxy) is 2. The maximum absolute atomic E-state index is 6.35. The second kappa shape index (κ2) is 9.24. The van der Waals surface area contributed by atoms with Crippen LogP contribution in [0.4, 0.5) is 0 Å². The quantitative estimate of drug-likeness (QED) is 0.693. The fourth-order valence-electron chi connectivity index (χ4n) is 4.32. The van der Waals surface area contributed by atoms with Crippen LogP contribution in [0.15, 0.2) is 42.7 Å². The van der Waals surface area contributed by atoms with Gasteiger partial charge in [-0.3, -0.25) is 0 Å². The molecule has 0 radical (unpaired) electrons. The molecule has 3 nitrogen and oxygen atoms in total. The molecule has 132 valence electrons. The second-order valence-electron chi connectivity index (χ2n) is 7.08. The Bertz CT molecular complexity index is 496. The van der Waals surface area contributed by atoms with Crippen LogP contribution in [0.25, 0.3) is 0 Å². The van der Waals surface area contributed by atoms with E-state index in [1.54, 1.807) is 7.11 Å². The van der Waals surface area contributed by atoms with Crippen molar-refractivity contribution in [2.24, 2.45) is 5.92 Å². The van der Waals surface area contributed by atoms with Gasteiger partial charge in [0.1, 0.15) is 0 Å². The van der Waals surface area contributed by atoms with Crippen LogP contribution in [0.3, 0.4) is 0 Å². The maximum Gasteiger partial charge on any atom is 0.0784 e. The highest BCUT2D eigenvalue weighted by Gasteiger charge is 2.39. The lowest BCUT2D eigenvalue weighted by Gasteiger charge is -2.36. The fraction of sp³-hybridized carbons (Fsp3) is 0.619. The number of piperidine rings is 1. The van der Waals surface area contributed by atoms with Crippen LogP contribution < -0.4 is 0 Å². The Morgan fingerprint density at radius 3 is 2.62 bits per heavy atom. The Morgan fingerprint density at radius 2 is 1.88 bits per heavy atom. The molecule has 1 saturated carbocycles. The molecule has 1 heterocycles. The third kappa shape index (κ3) is 4.61. The summed E-state index contributed by atoms with van der Waals surface area (Å²) < 4.78 is 11.5. The molecule has 3 heteroatoms. The van der Waals surface area contributed by atoms with E-state index in [0.717, 1.165) is 13.0 Å². The molecule has 3 atom stereocenters. The standard InChI is InChI=1S/C21H31NO2/c1-23-16-8-11-19-20(22-14-6-3-7-15-22)12-13-21(19)24-17-18-9-4-2-5-10-18/h2,4-5,8-10,16,19-21H,3,6-7,11-15,17H2,1H3. The van der Waals surface area contributed by atoms with Gasteiger partial charge in [0.15, 0.2) is 0 Å². The summed E-state index contributed by atoms with van der Waals surface area (Å²) in [4.78, 5) is 2.72. The van der Waals surface area contributed by atoms with E-state index in [1.165, 1.54) is 50.8 Å². The Hall–Kier alpha value is -1.32. The van der Waals surface area contributed by atoms with Crippen LogP contribution in [-0.2, 0) is 16.1 Å². The van der Waals surface area contributed by atoms with Gasteiger partial charge in [-0.2, -0.15) is 0 Å². The highest BCUT2D eigenvalue weighted by atomic mass is 16.5. The highest BCUT2D eigenvalue weighted by molar-refractivity contribution is 5.13. The maximum atomic E-state index is 6.35. The van der Waals surface area contributed by atoms with E-state index in [4.69, 9.17) is 9.47 Å². The van der Waals surface area contributed by atoms with Gasteiger partial charge in [-0.05, 0) is 56.8 Å². The molecule has 3 unspecified atom stereocenters. The van der Waals surface area contributed by atoms with Gasteiger partial charge in [-0.25, -0.2) is 0 Å². The van der Waals surface area contributed by atoms with Crippen molar-refractivity contribution in [1.82, 2.24) is 4.90 Å². The molecule has 0 N–H and O–H groups in total. The van der Waals surface area contributed by atoms with Gasteiger partial charge in [0.2, 0.25) is 0 Å². The molecule has 0 aromatic heterocycles. The minimum atomic E-state index is 0.360. The van der Waals surface area contributed by atoms with E-state index in [0.29, 0.717) is 18.1 Å². The van der Waals surface area contributed by atoms with Gasteiger partial charge in [0, 0.05) is 12.0 Å². The zero-order valence-electron chi connectivity index (χ0n) is 14.9. The van der Waals surface area contributed by atoms with Crippen molar-refractivity contribution in [2.45, 2.75) is 57.3 Å². The Balaban J connectivity index is 1.61. The van der Waals surface area contributed by atoms with E-state index in [-0.39, 0.29) is 0 Å². The van der Waals surface area contributed by atoms with Crippen LogP contribution in [0.2, 0.25) is 0 Å². The van der Waals surface area contributed by atoms with Gasteiger partial charge < -0.3 is 14.4 Å². The summed E-state index contributed by atoms with van der Waals surface area (Å²) >= 11 is 0. The van der Waals surface area contributed by atoms with Gasteiger partial charge in [0.25, 0.3) is 0 Å². The number of hydrogen-bond donors (Lipinski definition) is 0. The van der Waals surface area contributed by atoms with Crippen molar-refractivity contribution in [3.63, 3.8) is 0 Å². The average Bonchev–Trinajstić information content (AvgIpc) is 3.05. The lowest BCUT2D eigenvalue weighted by Crippen LogP contribution is -2.43. The van der Waals surface area contributed by atoms with E-state index in [2.05, 4.69) is 41.3 Å². The fourth-order valence-corrected chi connectivity index (χ4v) is 4.32. The van der Waals surface area contributed by atoms with Crippen molar-refractivity contribution in [3.8, 4) is 0 Å². The third-order valence-electron chi connectivity index (χ3n) is 5.53. The Labute approximate surface area is 146 Å². The molecule has 1 saturated heterocycles. The summed E-state index contributed by atoms with van der Waals surface area (Å²) in [6.45, 7) is 3.25. The summed E-state index contributed by atoms with van der Waals surface area (Å²) in [6.07, 6.45) is 12.0. The molecule has 0 spiro atoms. The number of rotatable bonds is 7. The number of methoxy groups -OCH3 is 1. The first-order chi connectivity index (χ1) is 11.9. The zero-order valence-corrected chi connectivity index (χ0v) is 14.9. The van der Waals surface area contributed by atoms with Crippen LogP contribution in [0, 0.1) is 5.92 Å². The number of benzene rings is 1. The van der Waals surface area contributed by atoms with Gasteiger partial charge >= 0.3 is 0 Å². The van der Waals surface area contributed by atoms with Gasteiger partial charge in [0.05, 0.1) is 26.1 Å². The predicted molar refractivity (Wildman–Crippen MR) is 97.7 cm³/mol. The Morgan fingerprint density at radius 1 is 1.08 bits per heavy atom. The zero-order chi connectivity index (χ0) is 16.6. The van der Waals surface area contributed by atoms with E-state index >= 15 is 0 Å². The van der Waals surface area contributed by atoms with Gasteiger partial charge in [-0.1, -0.05) is 36.8 Å².